The van der Waals surface area contributed by atoms with Gasteiger partial charge in [-0.1, -0.05) is 0 Å². The molecule has 1 saturated heterocycles. The normalized spacial score (nSPS) is 16.6. The van der Waals surface area contributed by atoms with Crippen LogP contribution in [0.25, 0.3) is 0 Å². The van der Waals surface area contributed by atoms with E-state index >= 15 is 0 Å². The number of anilines is 2. The fraction of sp³-hybridized carbons (Fsp3) is 0.417. The van der Waals surface area contributed by atoms with Gasteiger partial charge in [0.2, 0.25) is 0 Å². The second-order valence-electron chi connectivity index (χ2n) is 4.03. The fourth-order valence-corrected chi connectivity index (χ4v) is 1.95. The SMILES string of the molecule is Nc1cc(N2CCCOCC2)ccc1C(=O)O. The van der Waals surface area contributed by atoms with Crippen LogP contribution in [0.15, 0.2) is 18.2 Å². The summed E-state index contributed by atoms with van der Waals surface area (Å²) < 4.78 is 5.37. The first-order valence-electron chi connectivity index (χ1n) is 5.64. The summed E-state index contributed by atoms with van der Waals surface area (Å²) in [5, 5.41) is 8.90. The number of nitrogen functional groups attached to an aromatic ring is 1. The predicted octanol–water partition coefficient (Wildman–Crippen LogP) is 1.19. The van der Waals surface area contributed by atoms with Crippen LogP contribution in [0.3, 0.4) is 0 Å². The van der Waals surface area contributed by atoms with Gasteiger partial charge in [-0.3, -0.25) is 0 Å². The van der Waals surface area contributed by atoms with E-state index < -0.39 is 5.97 Å². The summed E-state index contributed by atoms with van der Waals surface area (Å²) >= 11 is 0. The number of ether oxygens (including phenoxy) is 1. The number of carbonyl (C=O) groups is 1. The molecule has 0 aliphatic carbocycles. The Bertz CT molecular complexity index is 412. The summed E-state index contributed by atoms with van der Waals surface area (Å²) in [7, 11) is 0. The van der Waals surface area contributed by atoms with Crippen LogP contribution in [-0.4, -0.2) is 37.4 Å². The van der Waals surface area contributed by atoms with E-state index in [4.69, 9.17) is 15.6 Å². The number of carboxylic acid groups (broad SMARTS) is 1. The molecule has 17 heavy (non-hydrogen) atoms. The molecule has 1 aromatic rings. The Morgan fingerprint density at radius 1 is 1.35 bits per heavy atom. The molecule has 5 nitrogen and oxygen atoms in total. The zero-order valence-corrected chi connectivity index (χ0v) is 9.56. The van der Waals surface area contributed by atoms with Crippen molar-refractivity contribution in [2.45, 2.75) is 6.42 Å². The largest absolute Gasteiger partial charge is 0.478 e. The summed E-state index contributed by atoms with van der Waals surface area (Å²) in [4.78, 5) is 13.0. The highest BCUT2D eigenvalue weighted by Crippen LogP contribution is 2.22. The molecule has 0 spiro atoms. The van der Waals surface area contributed by atoms with E-state index in [-0.39, 0.29) is 5.56 Å². The number of benzene rings is 1. The number of nitrogens with two attached hydrogens (primary N) is 1. The van der Waals surface area contributed by atoms with Crippen LogP contribution < -0.4 is 10.6 Å². The molecular weight excluding hydrogens is 220 g/mol. The minimum Gasteiger partial charge on any atom is -0.478 e. The Labute approximate surface area is 99.8 Å². The van der Waals surface area contributed by atoms with Crippen LogP contribution in [-0.2, 0) is 4.74 Å². The highest BCUT2D eigenvalue weighted by Gasteiger charge is 2.13. The number of aromatic carboxylic acids is 1. The topological polar surface area (TPSA) is 75.8 Å². The number of nitrogens with zero attached hydrogens (tertiary/aromatic N) is 1. The fourth-order valence-electron chi connectivity index (χ4n) is 1.95. The van der Waals surface area contributed by atoms with E-state index in [2.05, 4.69) is 4.90 Å². The molecule has 1 aromatic carbocycles. The molecule has 1 fully saturated rings. The van der Waals surface area contributed by atoms with Gasteiger partial charge < -0.3 is 20.5 Å². The predicted molar refractivity (Wildman–Crippen MR) is 65.5 cm³/mol. The van der Waals surface area contributed by atoms with Crippen molar-refractivity contribution in [1.29, 1.82) is 0 Å². The first-order chi connectivity index (χ1) is 8.18. The molecule has 1 aliphatic rings. The van der Waals surface area contributed by atoms with Gasteiger partial charge in [-0.05, 0) is 24.6 Å². The first kappa shape index (κ1) is 11.7. The molecule has 92 valence electrons. The van der Waals surface area contributed by atoms with Gasteiger partial charge in [0.05, 0.1) is 12.2 Å². The van der Waals surface area contributed by atoms with Crippen molar-refractivity contribution in [2.24, 2.45) is 0 Å². The van der Waals surface area contributed by atoms with Crippen molar-refractivity contribution in [1.82, 2.24) is 0 Å². The maximum absolute atomic E-state index is 10.9. The average molecular weight is 236 g/mol. The molecule has 0 aromatic heterocycles. The van der Waals surface area contributed by atoms with Gasteiger partial charge in [-0.25, -0.2) is 4.79 Å². The van der Waals surface area contributed by atoms with E-state index in [0.717, 1.165) is 31.8 Å². The molecule has 0 radical (unpaired) electrons. The lowest BCUT2D eigenvalue weighted by Gasteiger charge is -2.22. The van der Waals surface area contributed by atoms with E-state index in [9.17, 15) is 4.79 Å². The summed E-state index contributed by atoms with van der Waals surface area (Å²) in [5.41, 5.74) is 7.14. The molecule has 2 rings (SSSR count). The molecule has 0 amide bonds. The molecule has 0 bridgehead atoms. The van der Waals surface area contributed by atoms with Gasteiger partial charge in [-0.2, -0.15) is 0 Å². The average Bonchev–Trinajstić information content (AvgIpc) is 2.56. The van der Waals surface area contributed by atoms with Crippen molar-refractivity contribution >= 4 is 17.3 Å². The van der Waals surface area contributed by atoms with Gasteiger partial charge >= 0.3 is 5.97 Å². The second kappa shape index (κ2) is 5.05. The quantitative estimate of drug-likeness (QED) is 0.754. The third kappa shape index (κ3) is 2.68. The lowest BCUT2D eigenvalue weighted by molar-refractivity contribution is 0.0698. The van der Waals surface area contributed by atoms with Gasteiger partial charge in [0.25, 0.3) is 0 Å². The van der Waals surface area contributed by atoms with Crippen LogP contribution in [0.2, 0.25) is 0 Å². The summed E-state index contributed by atoms with van der Waals surface area (Å²) in [6, 6.07) is 5.07. The smallest absolute Gasteiger partial charge is 0.337 e. The zero-order valence-electron chi connectivity index (χ0n) is 9.56. The molecule has 3 N–H and O–H groups in total. The van der Waals surface area contributed by atoms with Gasteiger partial charge in [0.15, 0.2) is 0 Å². The molecular formula is C12H16N2O3. The molecule has 5 heteroatoms. The van der Waals surface area contributed by atoms with Crippen LogP contribution in [0.5, 0.6) is 0 Å². The van der Waals surface area contributed by atoms with E-state index in [1.807, 2.05) is 0 Å². The summed E-state index contributed by atoms with van der Waals surface area (Å²) in [5.74, 6) is -0.992. The zero-order chi connectivity index (χ0) is 12.3. The van der Waals surface area contributed by atoms with Crippen molar-refractivity contribution in [3.8, 4) is 0 Å². The van der Waals surface area contributed by atoms with Crippen LogP contribution in [0, 0.1) is 0 Å². The number of carboxylic acids is 1. The highest BCUT2D eigenvalue weighted by molar-refractivity contribution is 5.94. The molecule has 0 unspecified atom stereocenters. The Morgan fingerprint density at radius 3 is 2.88 bits per heavy atom. The van der Waals surface area contributed by atoms with Gasteiger partial charge in [0, 0.05) is 31.1 Å². The summed E-state index contributed by atoms with van der Waals surface area (Å²) in [6.45, 7) is 3.19. The number of rotatable bonds is 2. The van der Waals surface area contributed by atoms with Crippen LogP contribution >= 0.6 is 0 Å². The molecule has 0 saturated carbocycles. The molecule has 1 heterocycles. The molecule has 0 atom stereocenters. The second-order valence-corrected chi connectivity index (χ2v) is 4.03. The Balaban J connectivity index is 2.21. The maximum atomic E-state index is 10.9. The van der Waals surface area contributed by atoms with E-state index in [1.165, 1.54) is 0 Å². The highest BCUT2D eigenvalue weighted by atomic mass is 16.5. The Hall–Kier alpha value is -1.75. The monoisotopic (exact) mass is 236 g/mol. The van der Waals surface area contributed by atoms with Crippen LogP contribution in [0.4, 0.5) is 11.4 Å². The van der Waals surface area contributed by atoms with E-state index in [1.54, 1.807) is 18.2 Å². The summed E-state index contributed by atoms with van der Waals surface area (Å²) in [6.07, 6.45) is 0.973. The van der Waals surface area contributed by atoms with Crippen molar-refractivity contribution in [3.05, 3.63) is 23.8 Å². The number of hydrogen-bond acceptors (Lipinski definition) is 4. The Morgan fingerprint density at radius 2 is 2.18 bits per heavy atom. The van der Waals surface area contributed by atoms with Gasteiger partial charge in [-0.15, -0.1) is 0 Å². The van der Waals surface area contributed by atoms with Crippen molar-refractivity contribution in [2.75, 3.05) is 36.9 Å². The Kier molecular flexibility index (Phi) is 3.49. The third-order valence-electron chi connectivity index (χ3n) is 2.85. The lowest BCUT2D eigenvalue weighted by Crippen LogP contribution is -2.26. The van der Waals surface area contributed by atoms with E-state index in [0.29, 0.717) is 12.3 Å². The lowest BCUT2D eigenvalue weighted by atomic mass is 10.1. The maximum Gasteiger partial charge on any atom is 0.337 e. The number of hydrogen-bond donors (Lipinski definition) is 2. The third-order valence-corrected chi connectivity index (χ3v) is 2.85. The first-order valence-corrected chi connectivity index (χ1v) is 5.64. The minimum absolute atomic E-state index is 0.153. The van der Waals surface area contributed by atoms with Crippen LogP contribution in [0.1, 0.15) is 16.8 Å². The standard InChI is InChI=1S/C12H16N2O3/c13-11-8-9(2-3-10(11)12(15)16)14-4-1-6-17-7-5-14/h2-3,8H,1,4-7,13H2,(H,15,16). The van der Waals surface area contributed by atoms with Crippen molar-refractivity contribution < 1.29 is 14.6 Å². The minimum atomic E-state index is -0.992. The molecule has 1 aliphatic heterocycles. The van der Waals surface area contributed by atoms with Gasteiger partial charge in [0.1, 0.15) is 0 Å². The van der Waals surface area contributed by atoms with Crippen molar-refractivity contribution in [3.63, 3.8) is 0 Å².